The molecule has 0 spiro atoms. The van der Waals surface area contributed by atoms with Gasteiger partial charge in [0.2, 0.25) is 5.13 Å². The zero-order chi connectivity index (χ0) is 22.4. The molecule has 0 bridgehead atoms. The summed E-state index contributed by atoms with van der Waals surface area (Å²) in [5, 5.41) is 10.1. The van der Waals surface area contributed by atoms with E-state index in [1.54, 1.807) is 54.2 Å². The van der Waals surface area contributed by atoms with Gasteiger partial charge >= 0.3 is 0 Å². The Morgan fingerprint density at radius 2 is 1.53 bits per heavy atom. The highest BCUT2D eigenvalue weighted by atomic mass is 32.2. The third-order valence-electron chi connectivity index (χ3n) is 4.25. The van der Waals surface area contributed by atoms with Gasteiger partial charge in [-0.05, 0) is 42.0 Å². The Bertz CT molecular complexity index is 1290. The van der Waals surface area contributed by atoms with Crippen molar-refractivity contribution in [3.8, 4) is 0 Å². The van der Waals surface area contributed by atoms with E-state index in [-0.39, 0.29) is 15.4 Å². The van der Waals surface area contributed by atoms with Crippen LogP contribution in [-0.2, 0) is 15.8 Å². The molecule has 0 radical (unpaired) electrons. The number of sulfonamides is 1. The summed E-state index contributed by atoms with van der Waals surface area (Å²) in [4.78, 5) is 13.4. The average Bonchev–Trinajstić information content (AvgIpc) is 3.29. The molecule has 0 unspecified atom stereocenters. The molecule has 0 aliphatic heterocycles. The zero-order valence-electron chi connectivity index (χ0n) is 16.6. The van der Waals surface area contributed by atoms with Crippen LogP contribution in [0.1, 0.15) is 15.9 Å². The molecule has 162 valence electrons. The Balaban J connectivity index is 1.37. The van der Waals surface area contributed by atoms with Crippen molar-refractivity contribution in [2.75, 3.05) is 10.0 Å². The van der Waals surface area contributed by atoms with E-state index < -0.39 is 10.0 Å². The van der Waals surface area contributed by atoms with Crippen LogP contribution in [-0.4, -0.2) is 24.5 Å². The fourth-order valence-electron chi connectivity index (χ4n) is 2.68. The quantitative estimate of drug-likeness (QED) is 0.274. The summed E-state index contributed by atoms with van der Waals surface area (Å²) in [6.07, 6.45) is 0. The van der Waals surface area contributed by atoms with Crippen molar-refractivity contribution >= 4 is 49.8 Å². The van der Waals surface area contributed by atoms with E-state index in [2.05, 4.69) is 20.2 Å². The van der Waals surface area contributed by atoms with E-state index in [4.69, 9.17) is 0 Å². The number of nitrogens with zero attached hydrogens (tertiary/aromatic N) is 2. The molecule has 10 heteroatoms. The molecule has 32 heavy (non-hydrogen) atoms. The molecule has 3 aromatic carbocycles. The summed E-state index contributed by atoms with van der Waals surface area (Å²) in [6, 6.07) is 25.8. The lowest BCUT2D eigenvalue weighted by molar-refractivity contribution is 0.102. The number of anilines is 2. The summed E-state index contributed by atoms with van der Waals surface area (Å²) >= 11 is 2.49. The van der Waals surface area contributed by atoms with Crippen LogP contribution in [0.15, 0.2) is 94.2 Å². The summed E-state index contributed by atoms with van der Waals surface area (Å²) < 4.78 is 27.6. The maximum atomic E-state index is 12.6. The number of thioether (sulfide) groups is 1. The summed E-state index contributed by atoms with van der Waals surface area (Å²) in [5.41, 5.74) is 1.93. The molecule has 0 saturated heterocycles. The Morgan fingerprint density at radius 3 is 2.22 bits per heavy atom. The molecule has 4 aromatic rings. The van der Waals surface area contributed by atoms with Crippen LogP contribution in [0.4, 0.5) is 10.8 Å². The lowest BCUT2D eigenvalue weighted by Crippen LogP contribution is -2.12. The third-order valence-corrected chi connectivity index (χ3v) is 7.92. The predicted molar refractivity (Wildman–Crippen MR) is 128 cm³/mol. The second-order valence-electron chi connectivity index (χ2n) is 6.60. The molecule has 1 heterocycles. The van der Waals surface area contributed by atoms with Crippen LogP contribution in [0, 0.1) is 0 Å². The van der Waals surface area contributed by atoms with Crippen molar-refractivity contribution in [1.82, 2.24) is 10.2 Å². The molecule has 0 fully saturated rings. The van der Waals surface area contributed by atoms with E-state index in [1.165, 1.54) is 4.90 Å². The number of rotatable bonds is 8. The minimum absolute atomic E-state index is 0.104. The Morgan fingerprint density at radius 1 is 0.875 bits per heavy atom. The Labute approximate surface area is 194 Å². The summed E-state index contributed by atoms with van der Waals surface area (Å²) in [5.74, 6) is 0.389. The van der Waals surface area contributed by atoms with Crippen molar-refractivity contribution in [2.24, 2.45) is 0 Å². The number of aromatic nitrogens is 2. The first-order chi connectivity index (χ1) is 15.5. The molecule has 4 rings (SSSR count). The molecule has 0 aliphatic rings. The first-order valence-corrected chi connectivity index (χ1v) is 12.8. The number of hydrogen-bond acceptors (Lipinski definition) is 7. The minimum atomic E-state index is -3.92. The second-order valence-corrected chi connectivity index (χ2v) is 10.5. The van der Waals surface area contributed by atoms with E-state index in [0.717, 1.165) is 22.7 Å². The normalized spacial score (nSPS) is 11.1. The van der Waals surface area contributed by atoms with Gasteiger partial charge in [0.05, 0.1) is 0 Å². The van der Waals surface area contributed by atoms with Crippen LogP contribution in [0.2, 0.25) is 0 Å². The van der Waals surface area contributed by atoms with Gasteiger partial charge in [0.15, 0.2) is 0 Å². The molecule has 0 saturated carbocycles. The first kappa shape index (κ1) is 22.0. The number of carbonyl (C=O) groups is 1. The van der Waals surface area contributed by atoms with Crippen LogP contribution >= 0.6 is 23.1 Å². The lowest BCUT2D eigenvalue weighted by Gasteiger charge is -2.07. The molecule has 1 aromatic heterocycles. The smallest absolute Gasteiger partial charge is 0.291 e. The van der Waals surface area contributed by atoms with Crippen LogP contribution < -0.4 is 10.0 Å². The average molecular weight is 483 g/mol. The number of nitrogens with one attached hydrogen (secondary N) is 2. The van der Waals surface area contributed by atoms with Crippen LogP contribution in [0.25, 0.3) is 0 Å². The summed E-state index contributed by atoms with van der Waals surface area (Å²) in [6.45, 7) is 0. The maximum Gasteiger partial charge on any atom is 0.291 e. The highest BCUT2D eigenvalue weighted by Gasteiger charge is 2.21. The zero-order valence-corrected chi connectivity index (χ0v) is 19.1. The molecule has 7 nitrogen and oxygen atoms in total. The number of amides is 1. The predicted octanol–water partition coefficient (Wildman–Crippen LogP) is 4.88. The number of hydrogen-bond donors (Lipinski definition) is 2. The minimum Gasteiger partial charge on any atom is -0.296 e. The Hall–Kier alpha value is -3.21. The van der Waals surface area contributed by atoms with Gasteiger partial charge in [-0.15, -0.1) is 22.0 Å². The van der Waals surface area contributed by atoms with Gasteiger partial charge < -0.3 is 0 Å². The van der Waals surface area contributed by atoms with Crippen molar-refractivity contribution in [2.45, 2.75) is 15.0 Å². The van der Waals surface area contributed by atoms with Crippen molar-refractivity contribution in [3.63, 3.8) is 0 Å². The van der Waals surface area contributed by atoms with Gasteiger partial charge in [-0.2, -0.15) is 8.42 Å². The highest BCUT2D eigenvalue weighted by molar-refractivity contribution is 7.98. The molecule has 2 N–H and O–H groups in total. The van der Waals surface area contributed by atoms with Crippen molar-refractivity contribution in [3.05, 3.63) is 96.1 Å². The molecular weight excluding hydrogens is 464 g/mol. The molecule has 0 atom stereocenters. The topological polar surface area (TPSA) is 101 Å². The fraction of sp³-hybridized carbons (Fsp3) is 0.0455. The first-order valence-electron chi connectivity index (χ1n) is 9.49. The van der Waals surface area contributed by atoms with Gasteiger partial charge in [-0.3, -0.25) is 14.8 Å². The number of carbonyl (C=O) groups excluding carboxylic acids is 1. The Kier molecular flexibility index (Phi) is 6.84. The monoisotopic (exact) mass is 482 g/mol. The second kappa shape index (κ2) is 9.94. The van der Waals surface area contributed by atoms with E-state index in [0.29, 0.717) is 11.3 Å². The van der Waals surface area contributed by atoms with Crippen LogP contribution in [0.3, 0.4) is 0 Å². The maximum absolute atomic E-state index is 12.6. The van der Waals surface area contributed by atoms with Gasteiger partial charge in [0, 0.05) is 21.9 Å². The largest absolute Gasteiger partial charge is 0.296 e. The highest BCUT2D eigenvalue weighted by Crippen LogP contribution is 2.25. The number of benzene rings is 3. The van der Waals surface area contributed by atoms with Gasteiger partial charge in [-0.1, -0.05) is 59.9 Å². The third kappa shape index (κ3) is 5.72. The molecule has 1 amide bonds. The standard InChI is InChI=1S/C22H18N4O3S3/c27-20(17-7-3-1-4-8-17)23-21-24-25-22(31-21)32(28,29)26-18-13-11-16(12-14-18)15-30-19-9-5-2-6-10-19/h1-14,26H,15H2,(H,23,24,27). The van der Waals surface area contributed by atoms with Gasteiger partial charge in [0.1, 0.15) is 0 Å². The van der Waals surface area contributed by atoms with Crippen LogP contribution in [0.5, 0.6) is 0 Å². The van der Waals surface area contributed by atoms with E-state index in [1.807, 2.05) is 42.5 Å². The van der Waals surface area contributed by atoms with Crippen molar-refractivity contribution in [1.29, 1.82) is 0 Å². The fourth-order valence-corrected chi connectivity index (χ4v) is 5.51. The van der Waals surface area contributed by atoms with Crippen molar-refractivity contribution < 1.29 is 13.2 Å². The van der Waals surface area contributed by atoms with E-state index in [9.17, 15) is 13.2 Å². The van der Waals surface area contributed by atoms with Gasteiger partial charge in [0.25, 0.3) is 20.3 Å². The molecular formula is C22H18N4O3S3. The SMILES string of the molecule is O=C(Nc1nnc(S(=O)(=O)Nc2ccc(CSc3ccccc3)cc2)s1)c1ccccc1. The van der Waals surface area contributed by atoms with E-state index >= 15 is 0 Å². The van der Waals surface area contributed by atoms with Gasteiger partial charge in [-0.25, -0.2) is 0 Å². The summed E-state index contributed by atoms with van der Waals surface area (Å²) in [7, 11) is -3.92. The lowest BCUT2D eigenvalue weighted by atomic mass is 10.2. The molecule has 0 aliphatic carbocycles.